The second-order valence-corrected chi connectivity index (χ2v) is 6.75. The third kappa shape index (κ3) is 3.39. The Hall–Kier alpha value is -3.47. The van der Waals surface area contributed by atoms with Gasteiger partial charge in [0.1, 0.15) is 11.3 Å². The van der Waals surface area contributed by atoms with Crippen molar-refractivity contribution in [2.45, 2.75) is 20.0 Å². The van der Waals surface area contributed by atoms with E-state index >= 15 is 0 Å². The lowest BCUT2D eigenvalue weighted by molar-refractivity contribution is 0.0785. The number of fused-ring (bicyclic) bond motifs is 1. The Balaban J connectivity index is 1.66. The van der Waals surface area contributed by atoms with E-state index in [1.807, 2.05) is 73.8 Å². The molecule has 0 aliphatic rings. The topological polar surface area (TPSA) is 51.0 Å². The lowest BCUT2D eigenvalue weighted by Gasteiger charge is -2.18. The molecule has 2 heterocycles. The summed E-state index contributed by atoms with van der Waals surface area (Å²) in [6.45, 7) is 3.40. The largest absolute Gasteiger partial charge is 0.337 e. The number of pyridine rings is 1. The summed E-state index contributed by atoms with van der Waals surface area (Å²) in [7, 11) is 1.83. The van der Waals surface area contributed by atoms with Crippen molar-refractivity contribution in [3.05, 3.63) is 84.1 Å². The lowest BCUT2D eigenvalue weighted by atomic mass is 10.1. The van der Waals surface area contributed by atoms with Crippen LogP contribution in [0, 0.1) is 0 Å². The first-order chi connectivity index (χ1) is 13.7. The van der Waals surface area contributed by atoms with E-state index in [1.54, 1.807) is 11.1 Å². The van der Waals surface area contributed by atoms with Crippen molar-refractivity contribution in [1.29, 1.82) is 0 Å². The van der Waals surface area contributed by atoms with Crippen molar-refractivity contribution < 1.29 is 4.79 Å². The molecule has 1 amide bonds. The molecule has 4 aromatic rings. The predicted octanol–water partition coefficient (Wildman–Crippen LogP) is 4.39. The number of benzene rings is 2. The molecular weight excluding hydrogens is 348 g/mol. The van der Waals surface area contributed by atoms with Crippen LogP contribution in [0.5, 0.6) is 0 Å². The zero-order valence-electron chi connectivity index (χ0n) is 16.0. The first kappa shape index (κ1) is 17.9. The minimum Gasteiger partial charge on any atom is -0.337 e. The molecule has 0 aliphatic carbocycles. The molecule has 0 saturated heterocycles. The Labute approximate surface area is 164 Å². The average Bonchev–Trinajstić information content (AvgIpc) is 3.12. The van der Waals surface area contributed by atoms with Crippen LogP contribution in [0.1, 0.15) is 22.8 Å². The summed E-state index contributed by atoms with van der Waals surface area (Å²) in [5.74, 6) is 0.819. The maximum absolute atomic E-state index is 12.9. The van der Waals surface area contributed by atoms with Crippen LogP contribution in [0.25, 0.3) is 22.6 Å². The van der Waals surface area contributed by atoms with Crippen LogP contribution < -0.4 is 0 Å². The fraction of sp³-hybridized carbons (Fsp3) is 0.174. The van der Waals surface area contributed by atoms with Crippen molar-refractivity contribution in [3.8, 4) is 11.4 Å². The Morgan fingerprint density at radius 1 is 1.04 bits per heavy atom. The van der Waals surface area contributed by atoms with E-state index in [-0.39, 0.29) is 5.91 Å². The third-order valence-corrected chi connectivity index (χ3v) is 4.80. The van der Waals surface area contributed by atoms with Gasteiger partial charge in [0.2, 0.25) is 0 Å². The highest BCUT2D eigenvalue weighted by atomic mass is 16.2. The number of nitrogens with zero attached hydrogens (tertiary/aromatic N) is 4. The number of carbonyl (C=O) groups is 1. The zero-order chi connectivity index (χ0) is 19.5. The standard InChI is InChI=1S/C23H22N4O/c1-3-27-21(25-20-13-8-14-24-22(20)27)18-11-7-12-19(15-18)23(28)26(2)16-17-9-5-4-6-10-17/h4-15H,3,16H2,1-2H3. The second-order valence-electron chi connectivity index (χ2n) is 6.75. The Kier molecular flexibility index (Phi) is 4.89. The van der Waals surface area contributed by atoms with Crippen molar-refractivity contribution in [2.24, 2.45) is 0 Å². The summed E-state index contributed by atoms with van der Waals surface area (Å²) in [5.41, 5.74) is 4.39. The first-order valence-corrected chi connectivity index (χ1v) is 9.38. The Morgan fingerprint density at radius 3 is 2.64 bits per heavy atom. The van der Waals surface area contributed by atoms with Gasteiger partial charge in [0.25, 0.3) is 5.91 Å². The maximum atomic E-state index is 12.9. The summed E-state index contributed by atoms with van der Waals surface area (Å²) >= 11 is 0. The molecule has 0 aliphatic heterocycles. The highest BCUT2D eigenvalue weighted by Gasteiger charge is 2.16. The number of hydrogen-bond acceptors (Lipinski definition) is 3. The third-order valence-electron chi connectivity index (χ3n) is 4.80. The second kappa shape index (κ2) is 7.64. The molecule has 0 fully saturated rings. The zero-order valence-corrected chi connectivity index (χ0v) is 16.0. The number of aromatic nitrogens is 3. The molecule has 0 N–H and O–H groups in total. The molecular formula is C23H22N4O. The van der Waals surface area contributed by atoms with Crippen LogP contribution in [0.4, 0.5) is 0 Å². The highest BCUT2D eigenvalue weighted by Crippen LogP contribution is 2.25. The summed E-state index contributed by atoms with van der Waals surface area (Å²) in [6.07, 6.45) is 1.78. The summed E-state index contributed by atoms with van der Waals surface area (Å²) in [6, 6.07) is 21.5. The Morgan fingerprint density at radius 2 is 1.86 bits per heavy atom. The van der Waals surface area contributed by atoms with Crippen LogP contribution in [0.15, 0.2) is 72.9 Å². The van der Waals surface area contributed by atoms with Crippen molar-refractivity contribution in [2.75, 3.05) is 7.05 Å². The number of carbonyl (C=O) groups excluding carboxylic acids is 1. The van der Waals surface area contributed by atoms with E-state index in [1.165, 1.54) is 0 Å². The van der Waals surface area contributed by atoms with E-state index in [2.05, 4.69) is 16.5 Å². The molecule has 2 aromatic carbocycles. The van der Waals surface area contributed by atoms with Crippen molar-refractivity contribution in [3.63, 3.8) is 0 Å². The van der Waals surface area contributed by atoms with Gasteiger partial charge in [-0.25, -0.2) is 9.97 Å². The molecule has 0 atom stereocenters. The minimum atomic E-state index is -0.0111. The predicted molar refractivity (Wildman–Crippen MR) is 111 cm³/mol. The summed E-state index contributed by atoms with van der Waals surface area (Å²) < 4.78 is 2.08. The van der Waals surface area contributed by atoms with E-state index in [9.17, 15) is 4.79 Å². The molecule has 0 unspecified atom stereocenters. The monoisotopic (exact) mass is 370 g/mol. The molecule has 0 radical (unpaired) electrons. The SMILES string of the molecule is CCn1c(-c2cccc(C(=O)N(C)Cc3ccccc3)c2)nc2cccnc21. The molecule has 5 nitrogen and oxygen atoms in total. The van der Waals surface area contributed by atoms with Crippen LogP contribution in [0.3, 0.4) is 0 Å². The Bertz CT molecular complexity index is 1120. The molecule has 28 heavy (non-hydrogen) atoms. The lowest BCUT2D eigenvalue weighted by Crippen LogP contribution is -2.26. The number of rotatable bonds is 5. The fourth-order valence-corrected chi connectivity index (χ4v) is 3.42. The molecule has 0 saturated carbocycles. The van der Waals surface area contributed by atoms with Crippen LogP contribution in [-0.4, -0.2) is 32.4 Å². The molecule has 4 rings (SSSR count). The molecule has 2 aromatic heterocycles. The van der Waals surface area contributed by atoms with E-state index in [0.29, 0.717) is 12.1 Å². The van der Waals surface area contributed by atoms with Gasteiger partial charge in [-0.1, -0.05) is 42.5 Å². The number of imidazole rings is 1. The number of aryl methyl sites for hydroxylation is 1. The minimum absolute atomic E-state index is 0.0111. The van der Waals surface area contributed by atoms with Gasteiger partial charge in [-0.05, 0) is 36.8 Å². The summed E-state index contributed by atoms with van der Waals surface area (Å²) in [4.78, 5) is 23.9. The number of hydrogen-bond donors (Lipinski definition) is 0. The first-order valence-electron chi connectivity index (χ1n) is 9.38. The van der Waals surface area contributed by atoms with Gasteiger partial charge in [0.05, 0.1) is 0 Å². The van der Waals surface area contributed by atoms with Gasteiger partial charge >= 0.3 is 0 Å². The van der Waals surface area contributed by atoms with Crippen molar-refractivity contribution in [1.82, 2.24) is 19.4 Å². The van der Waals surface area contributed by atoms with Gasteiger partial charge in [-0.2, -0.15) is 0 Å². The van der Waals surface area contributed by atoms with Gasteiger partial charge < -0.3 is 9.47 Å². The maximum Gasteiger partial charge on any atom is 0.253 e. The van der Waals surface area contributed by atoms with E-state index in [0.717, 1.165) is 34.7 Å². The van der Waals surface area contributed by atoms with Crippen LogP contribution in [-0.2, 0) is 13.1 Å². The van der Waals surface area contributed by atoms with Crippen molar-refractivity contribution >= 4 is 17.1 Å². The average molecular weight is 370 g/mol. The highest BCUT2D eigenvalue weighted by molar-refractivity contribution is 5.95. The number of amides is 1. The van der Waals surface area contributed by atoms with E-state index < -0.39 is 0 Å². The fourth-order valence-electron chi connectivity index (χ4n) is 3.42. The van der Waals surface area contributed by atoms with Gasteiger partial charge in [-0.3, -0.25) is 4.79 Å². The molecule has 5 heteroatoms. The summed E-state index contributed by atoms with van der Waals surface area (Å²) in [5, 5.41) is 0. The van der Waals surface area contributed by atoms with Crippen LogP contribution >= 0.6 is 0 Å². The molecule has 0 bridgehead atoms. The van der Waals surface area contributed by atoms with E-state index in [4.69, 9.17) is 4.98 Å². The smallest absolute Gasteiger partial charge is 0.253 e. The van der Waals surface area contributed by atoms with Gasteiger partial charge in [0, 0.05) is 37.5 Å². The quantitative estimate of drug-likeness (QED) is 0.523. The van der Waals surface area contributed by atoms with Crippen LogP contribution in [0.2, 0.25) is 0 Å². The normalized spacial score (nSPS) is 10.9. The van der Waals surface area contributed by atoms with Gasteiger partial charge in [-0.15, -0.1) is 0 Å². The molecule has 0 spiro atoms. The molecule has 140 valence electrons. The van der Waals surface area contributed by atoms with Gasteiger partial charge in [0.15, 0.2) is 5.65 Å².